The number of benzene rings is 4. The third-order valence-electron chi connectivity index (χ3n) is 6.01. The average molecular weight is 506 g/mol. The monoisotopic (exact) mass is 505 g/mol. The summed E-state index contributed by atoms with van der Waals surface area (Å²) in [6.07, 6.45) is 0. The van der Waals surface area contributed by atoms with Crippen molar-refractivity contribution in [2.75, 3.05) is 4.90 Å². The average Bonchev–Trinajstić information content (AvgIpc) is 3.34. The minimum Gasteiger partial charge on any atom is -0.279 e. The van der Waals surface area contributed by atoms with E-state index >= 15 is 0 Å². The van der Waals surface area contributed by atoms with Crippen molar-refractivity contribution in [1.82, 2.24) is 9.97 Å². The summed E-state index contributed by atoms with van der Waals surface area (Å²) in [5.41, 5.74) is 4.92. The molecule has 6 rings (SSSR count). The van der Waals surface area contributed by atoms with Crippen LogP contribution in [0.3, 0.4) is 0 Å². The van der Waals surface area contributed by atoms with Gasteiger partial charge in [0.2, 0.25) is 0 Å². The summed E-state index contributed by atoms with van der Waals surface area (Å²) in [6.45, 7) is 0.393. The molecular formula is C30H20ClN3OS. The van der Waals surface area contributed by atoms with Crippen molar-refractivity contribution in [2.45, 2.75) is 6.54 Å². The van der Waals surface area contributed by atoms with Crippen LogP contribution in [-0.2, 0) is 6.54 Å². The number of fused-ring (bicyclic) bond motifs is 2. The maximum Gasteiger partial charge on any atom is 0.261 e. The van der Waals surface area contributed by atoms with Crippen molar-refractivity contribution in [3.05, 3.63) is 125 Å². The number of amides is 1. The van der Waals surface area contributed by atoms with Gasteiger partial charge in [-0.05, 0) is 35.9 Å². The lowest BCUT2D eigenvalue weighted by Gasteiger charge is -2.21. The van der Waals surface area contributed by atoms with Crippen molar-refractivity contribution in [3.63, 3.8) is 0 Å². The van der Waals surface area contributed by atoms with Gasteiger partial charge in [-0.15, -0.1) is 0 Å². The van der Waals surface area contributed by atoms with Crippen LogP contribution in [0.2, 0.25) is 5.02 Å². The fourth-order valence-electron chi connectivity index (χ4n) is 4.25. The van der Waals surface area contributed by atoms with Crippen molar-refractivity contribution < 1.29 is 4.79 Å². The van der Waals surface area contributed by atoms with Gasteiger partial charge in [0, 0.05) is 16.0 Å². The Morgan fingerprint density at radius 1 is 0.778 bits per heavy atom. The number of nitrogens with zero attached hydrogens (tertiary/aromatic N) is 3. The van der Waals surface area contributed by atoms with Crippen LogP contribution in [0.4, 0.5) is 5.13 Å². The summed E-state index contributed by atoms with van der Waals surface area (Å²) < 4.78 is 0.938. The molecule has 0 radical (unpaired) electrons. The van der Waals surface area contributed by atoms with E-state index in [2.05, 4.69) is 0 Å². The lowest BCUT2D eigenvalue weighted by molar-refractivity contribution is 0.0986. The van der Waals surface area contributed by atoms with Gasteiger partial charge in [-0.1, -0.05) is 102 Å². The number of para-hydroxylation sites is 1. The summed E-state index contributed by atoms with van der Waals surface area (Å²) in [5, 5.41) is 2.08. The molecule has 0 bridgehead atoms. The zero-order valence-electron chi connectivity index (χ0n) is 19.1. The number of carbonyl (C=O) groups excluding carboxylic acids is 1. The van der Waals surface area contributed by atoms with Crippen molar-refractivity contribution in [3.8, 4) is 11.3 Å². The standard InChI is InChI=1S/C30H20ClN3OS/c31-22-15-16-26-28(17-22)36-30(33-26)34(19-20-9-3-1-4-10-20)29(35)24-18-27(21-11-5-2-6-12-21)32-25-14-8-7-13-23(24)25/h1-18H,19H2. The first-order chi connectivity index (χ1) is 17.7. The highest BCUT2D eigenvalue weighted by Crippen LogP contribution is 2.34. The summed E-state index contributed by atoms with van der Waals surface area (Å²) in [7, 11) is 0. The Morgan fingerprint density at radius 2 is 1.50 bits per heavy atom. The van der Waals surface area contributed by atoms with E-state index in [9.17, 15) is 4.79 Å². The fourth-order valence-corrected chi connectivity index (χ4v) is 5.49. The number of pyridine rings is 1. The summed E-state index contributed by atoms with van der Waals surface area (Å²) in [6, 6.07) is 35.1. The molecule has 2 aromatic heterocycles. The van der Waals surface area contributed by atoms with Gasteiger partial charge < -0.3 is 0 Å². The van der Waals surface area contributed by atoms with Gasteiger partial charge in [0.1, 0.15) is 0 Å². The Kier molecular flexibility index (Phi) is 5.93. The largest absolute Gasteiger partial charge is 0.279 e. The third-order valence-corrected chi connectivity index (χ3v) is 7.29. The van der Waals surface area contributed by atoms with E-state index in [4.69, 9.17) is 21.6 Å². The van der Waals surface area contributed by atoms with Gasteiger partial charge in [0.15, 0.2) is 5.13 Å². The molecule has 2 heterocycles. The van der Waals surface area contributed by atoms with E-state index < -0.39 is 0 Å². The number of anilines is 1. The van der Waals surface area contributed by atoms with Crippen LogP contribution in [-0.4, -0.2) is 15.9 Å². The molecule has 4 nitrogen and oxygen atoms in total. The molecular weight excluding hydrogens is 486 g/mol. The summed E-state index contributed by atoms with van der Waals surface area (Å²) in [4.78, 5) is 25.7. The highest BCUT2D eigenvalue weighted by atomic mass is 35.5. The van der Waals surface area contributed by atoms with Crippen molar-refractivity contribution in [1.29, 1.82) is 0 Å². The van der Waals surface area contributed by atoms with E-state index in [-0.39, 0.29) is 5.91 Å². The first-order valence-electron chi connectivity index (χ1n) is 11.5. The molecule has 0 atom stereocenters. The first-order valence-corrected chi connectivity index (χ1v) is 12.7. The van der Waals surface area contributed by atoms with Crippen LogP contribution in [0, 0.1) is 0 Å². The second-order valence-electron chi connectivity index (χ2n) is 8.42. The summed E-state index contributed by atoms with van der Waals surface area (Å²) >= 11 is 7.69. The summed E-state index contributed by atoms with van der Waals surface area (Å²) in [5.74, 6) is -0.125. The Labute approximate surface area is 217 Å². The topological polar surface area (TPSA) is 46.1 Å². The van der Waals surface area contributed by atoms with Crippen molar-refractivity contribution >= 4 is 55.1 Å². The van der Waals surface area contributed by atoms with Gasteiger partial charge in [-0.25, -0.2) is 9.97 Å². The second-order valence-corrected chi connectivity index (χ2v) is 9.87. The molecule has 4 aromatic carbocycles. The normalized spacial score (nSPS) is 11.1. The van der Waals surface area contributed by atoms with E-state index in [1.165, 1.54) is 11.3 Å². The maximum atomic E-state index is 14.3. The maximum absolute atomic E-state index is 14.3. The Balaban J connectivity index is 1.52. The fraction of sp³-hybridized carbons (Fsp3) is 0.0333. The first kappa shape index (κ1) is 22.4. The van der Waals surface area contributed by atoms with E-state index in [0.717, 1.165) is 37.9 Å². The number of thiazole rings is 1. The second kappa shape index (κ2) is 9.53. The molecule has 0 saturated carbocycles. The molecule has 1 amide bonds. The quantitative estimate of drug-likeness (QED) is 0.238. The molecule has 0 N–H and O–H groups in total. The van der Waals surface area contributed by atoms with Crippen LogP contribution in [0.25, 0.3) is 32.4 Å². The smallest absolute Gasteiger partial charge is 0.261 e. The predicted molar refractivity (Wildman–Crippen MR) is 149 cm³/mol. The van der Waals surface area contributed by atoms with Gasteiger partial charge in [0.05, 0.1) is 33.5 Å². The molecule has 0 spiro atoms. The minimum absolute atomic E-state index is 0.125. The van der Waals surface area contributed by atoms with Crippen LogP contribution in [0.1, 0.15) is 15.9 Å². The van der Waals surface area contributed by atoms with Crippen LogP contribution >= 0.6 is 22.9 Å². The lowest BCUT2D eigenvalue weighted by Crippen LogP contribution is -2.30. The Hall–Kier alpha value is -4.06. The molecule has 6 heteroatoms. The molecule has 0 unspecified atom stereocenters. The molecule has 0 aliphatic rings. The van der Waals surface area contributed by atoms with Crippen LogP contribution in [0.15, 0.2) is 109 Å². The van der Waals surface area contributed by atoms with Gasteiger partial charge in [-0.3, -0.25) is 9.69 Å². The highest BCUT2D eigenvalue weighted by molar-refractivity contribution is 7.22. The zero-order chi connectivity index (χ0) is 24.5. The number of halogens is 1. The van der Waals surface area contributed by atoms with Crippen molar-refractivity contribution in [2.24, 2.45) is 0 Å². The Bertz CT molecular complexity index is 1700. The van der Waals surface area contributed by atoms with Crippen LogP contribution in [0.5, 0.6) is 0 Å². The number of rotatable bonds is 5. The highest BCUT2D eigenvalue weighted by Gasteiger charge is 2.24. The SMILES string of the molecule is O=C(c1cc(-c2ccccc2)nc2ccccc12)N(Cc1ccccc1)c1nc2ccc(Cl)cc2s1. The third kappa shape index (κ3) is 4.35. The minimum atomic E-state index is -0.125. The zero-order valence-corrected chi connectivity index (χ0v) is 20.7. The number of hydrogen-bond donors (Lipinski definition) is 0. The number of carbonyl (C=O) groups is 1. The molecule has 0 aliphatic carbocycles. The van der Waals surface area contributed by atoms with Gasteiger partial charge >= 0.3 is 0 Å². The van der Waals surface area contributed by atoms with Gasteiger partial charge in [-0.2, -0.15) is 0 Å². The molecule has 36 heavy (non-hydrogen) atoms. The molecule has 0 fully saturated rings. The van der Waals surface area contributed by atoms with Crippen LogP contribution < -0.4 is 4.90 Å². The predicted octanol–water partition coefficient (Wildman–Crippen LogP) is 8.01. The molecule has 174 valence electrons. The Morgan fingerprint density at radius 3 is 2.31 bits per heavy atom. The molecule has 6 aromatic rings. The van der Waals surface area contributed by atoms with E-state index in [1.807, 2.05) is 109 Å². The van der Waals surface area contributed by atoms with E-state index in [1.54, 1.807) is 4.90 Å². The lowest BCUT2D eigenvalue weighted by atomic mass is 10.0. The molecule has 0 saturated heterocycles. The molecule has 0 aliphatic heterocycles. The number of hydrogen-bond acceptors (Lipinski definition) is 4. The van der Waals surface area contributed by atoms with E-state index in [0.29, 0.717) is 22.3 Å². The van der Waals surface area contributed by atoms with Gasteiger partial charge in [0.25, 0.3) is 5.91 Å². The number of aromatic nitrogens is 2.